The highest BCUT2D eigenvalue weighted by Gasteiger charge is 2.44. The van der Waals surface area contributed by atoms with Crippen molar-refractivity contribution in [2.24, 2.45) is 0 Å². The Morgan fingerprint density at radius 3 is 2.52 bits per heavy atom. The molecule has 0 bridgehead atoms. The van der Waals surface area contributed by atoms with E-state index < -0.39 is 14.9 Å². The minimum Gasteiger partial charge on any atom is -0.258 e. The van der Waals surface area contributed by atoms with Gasteiger partial charge in [0.05, 0.1) is 9.82 Å². The smallest absolute Gasteiger partial charge is 0.258 e. The van der Waals surface area contributed by atoms with Crippen molar-refractivity contribution in [3.63, 3.8) is 0 Å². The normalized spacial score (nSPS) is 20.2. The number of hydrogen-bond donors (Lipinski definition) is 0. The van der Waals surface area contributed by atoms with Crippen LogP contribution in [0.1, 0.15) is 5.56 Å². The Balaban J connectivity index is 1.73. The van der Waals surface area contributed by atoms with Gasteiger partial charge in [0.25, 0.3) is 5.69 Å². The summed E-state index contributed by atoms with van der Waals surface area (Å²) in [5, 5.41) is 11.2. The number of sulfonamides is 1. The summed E-state index contributed by atoms with van der Waals surface area (Å²) in [6.07, 6.45) is 0.590. The number of nitro groups is 1. The highest BCUT2D eigenvalue weighted by molar-refractivity contribution is 7.89. The van der Waals surface area contributed by atoms with Crippen LogP contribution >= 0.6 is 11.6 Å². The molecule has 0 aliphatic carbocycles. The second kappa shape index (κ2) is 5.92. The first-order valence-corrected chi connectivity index (χ1v) is 8.70. The number of benzene rings is 2. The van der Waals surface area contributed by atoms with E-state index in [0.717, 1.165) is 5.56 Å². The lowest BCUT2D eigenvalue weighted by Gasteiger charge is -2.06. The first-order valence-electron chi connectivity index (χ1n) is 6.88. The third-order valence-corrected chi connectivity index (χ3v) is 5.85. The highest BCUT2D eigenvalue weighted by atomic mass is 35.5. The van der Waals surface area contributed by atoms with Gasteiger partial charge in [0.1, 0.15) is 0 Å². The Labute approximate surface area is 138 Å². The fourth-order valence-corrected chi connectivity index (χ4v) is 4.23. The molecule has 6 nitrogen and oxygen atoms in total. The second-order valence-electron chi connectivity index (χ2n) is 5.31. The standard InChI is InChI=1S/C15H13ClN2O4S/c16-12-3-1-2-11(8-12)9-14-10-17(14)23(21,22)15-6-4-13(5-7-15)18(19)20/h1-8,14H,9-10H2/t14-,17?/m0/s1. The van der Waals surface area contributed by atoms with Crippen molar-refractivity contribution in [1.82, 2.24) is 4.31 Å². The molecule has 0 N–H and O–H groups in total. The van der Waals surface area contributed by atoms with Crippen LogP contribution in [0.2, 0.25) is 5.02 Å². The van der Waals surface area contributed by atoms with E-state index in [1.165, 1.54) is 28.6 Å². The van der Waals surface area contributed by atoms with E-state index in [1.54, 1.807) is 6.07 Å². The lowest BCUT2D eigenvalue weighted by Crippen LogP contribution is -2.15. The predicted octanol–water partition coefficient (Wildman–Crippen LogP) is 2.86. The van der Waals surface area contributed by atoms with E-state index in [9.17, 15) is 18.5 Å². The van der Waals surface area contributed by atoms with Crippen LogP contribution in [-0.4, -0.2) is 30.2 Å². The van der Waals surface area contributed by atoms with Crippen molar-refractivity contribution in [2.45, 2.75) is 17.4 Å². The van der Waals surface area contributed by atoms with E-state index >= 15 is 0 Å². The molecule has 1 heterocycles. The molecule has 2 aromatic carbocycles. The minimum atomic E-state index is -3.61. The van der Waals surface area contributed by atoms with Gasteiger partial charge in [-0.15, -0.1) is 0 Å². The topological polar surface area (TPSA) is 80.3 Å². The van der Waals surface area contributed by atoms with Gasteiger partial charge in [0, 0.05) is 29.7 Å². The van der Waals surface area contributed by atoms with Gasteiger partial charge in [-0.25, -0.2) is 8.42 Å². The Morgan fingerprint density at radius 1 is 1.22 bits per heavy atom. The first kappa shape index (κ1) is 15.9. The number of nitrogens with zero attached hydrogens (tertiary/aromatic N) is 2. The molecule has 8 heteroatoms. The Morgan fingerprint density at radius 2 is 1.91 bits per heavy atom. The van der Waals surface area contributed by atoms with Crippen LogP contribution in [0.25, 0.3) is 0 Å². The van der Waals surface area contributed by atoms with Crippen molar-refractivity contribution >= 4 is 27.3 Å². The molecule has 120 valence electrons. The fourth-order valence-electron chi connectivity index (χ4n) is 2.43. The summed E-state index contributed by atoms with van der Waals surface area (Å²) in [6, 6.07) is 12.1. The summed E-state index contributed by atoms with van der Waals surface area (Å²) in [5.74, 6) is 0. The zero-order valence-electron chi connectivity index (χ0n) is 11.9. The maximum Gasteiger partial charge on any atom is 0.269 e. The molecule has 0 aromatic heterocycles. The van der Waals surface area contributed by atoms with Gasteiger partial charge in [0.15, 0.2) is 0 Å². The van der Waals surface area contributed by atoms with Crippen LogP contribution in [0.15, 0.2) is 53.4 Å². The SMILES string of the molecule is O=[N+]([O-])c1ccc(S(=O)(=O)N2C[C@@H]2Cc2cccc(Cl)c2)cc1. The molecule has 1 fully saturated rings. The van der Waals surface area contributed by atoms with Gasteiger partial charge in [-0.3, -0.25) is 10.1 Å². The maximum atomic E-state index is 12.5. The Kier molecular flexibility index (Phi) is 4.09. The summed E-state index contributed by atoms with van der Waals surface area (Å²) in [6.45, 7) is 0.436. The molecule has 0 spiro atoms. The Hall–Kier alpha value is -1.96. The molecular weight excluding hydrogens is 340 g/mol. The predicted molar refractivity (Wildman–Crippen MR) is 85.9 cm³/mol. The van der Waals surface area contributed by atoms with Gasteiger partial charge in [-0.2, -0.15) is 4.31 Å². The van der Waals surface area contributed by atoms with Crippen molar-refractivity contribution in [3.05, 3.63) is 69.2 Å². The number of halogens is 1. The number of rotatable bonds is 5. The third kappa shape index (κ3) is 3.36. The molecule has 2 atom stereocenters. The van der Waals surface area contributed by atoms with Gasteiger partial charge >= 0.3 is 0 Å². The molecule has 23 heavy (non-hydrogen) atoms. The molecule has 2 aromatic rings. The molecule has 3 rings (SSSR count). The summed E-state index contributed by atoms with van der Waals surface area (Å²) >= 11 is 5.92. The van der Waals surface area contributed by atoms with Crippen molar-refractivity contribution in [3.8, 4) is 0 Å². The summed E-state index contributed by atoms with van der Waals surface area (Å²) in [4.78, 5) is 10.1. The van der Waals surface area contributed by atoms with E-state index in [2.05, 4.69) is 0 Å². The molecule has 1 saturated heterocycles. The zero-order valence-corrected chi connectivity index (χ0v) is 13.5. The number of non-ortho nitro benzene ring substituents is 1. The van der Waals surface area contributed by atoms with E-state index in [1.807, 2.05) is 18.2 Å². The molecule has 0 saturated carbocycles. The molecule has 1 aliphatic rings. The second-order valence-corrected chi connectivity index (χ2v) is 7.64. The molecular formula is C15H13ClN2O4S. The fraction of sp³-hybridized carbons (Fsp3) is 0.200. The van der Waals surface area contributed by atoms with Crippen LogP contribution in [0.4, 0.5) is 5.69 Å². The first-order chi connectivity index (χ1) is 10.9. The third-order valence-electron chi connectivity index (χ3n) is 3.68. The van der Waals surface area contributed by atoms with E-state index in [0.29, 0.717) is 18.0 Å². The Bertz CT molecular complexity index is 852. The van der Waals surface area contributed by atoms with Crippen molar-refractivity contribution in [1.29, 1.82) is 0 Å². The average molecular weight is 353 g/mol. The monoisotopic (exact) mass is 352 g/mol. The van der Waals surface area contributed by atoms with Crippen LogP contribution in [-0.2, 0) is 16.4 Å². The lowest BCUT2D eigenvalue weighted by atomic mass is 10.1. The zero-order chi connectivity index (χ0) is 16.6. The molecule has 0 radical (unpaired) electrons. The quantitative estimate of drug-likeness (QED) is 0.471. The van der Waals surface area contributed by atoms with Gasteiger partial charge in [-0.05, 0) is 36.2 Å². The molecule has 1 aliphatic heterocycles. The number of nitro benzene ring substituents is 1. The summed E-state index contributed by atoms with van der Waals surface area (Å²) < 4.78 is 26.3. The lowest BCUT2D eigenvalue weighted by molar-refractivity contribution is -0.384. The van der Waals surface area contributed by atoms with Crippen molar-refractivity contribution < 1.29 is 13.3 Å². The van der Waals surface area contributed by atoms with E-state index in [-0.39, 0.29) is 16.6 Å². The maximum absolute atomic E-state index is 12.5. The van der Waals surface area contributed by atoms with Crippen LogP contribution < -0.4 is 0 Å². The number of hydrogen-bond acceptors (Lipinski definition) is 4. The van der Waals surface area contributed by atoms with Crippen LogP contribution in [0.5, 0.6) is 0 Å². The summed E-state index contributed by atoms with van der Waals surface area (Å²) in [5.41, 5.74) is 0.842. The largest absolute Gasteiger partial charge is 0.269 e. The van der Waals surface area contributed by atoms with Crippen LogP contribution in [0, 0.1) is 10.1 Å². The van der Waals surface area contributed by atoms with Gasteiger partial charge < -0.3 is 0 Å². The molecule has 1 unspecified atom stereocenters. The van der Waals surface area contributed by atoms with Crippen LogP contribution in [0.3, 0.4) is 0 Å². The van der Waals surface area contributed by atoms with Crippen molar-refractivity contribution in [2.75, 3.05) is 6.54 Å². The molecule has 0 amide bonds. The van der Waals surface area contributed by atoms with E-state index in [4.69, 9.17) is 11.6 Å². The average Bonchev–Trinajstić information content (AvgIpc) is 3.27. The highest BCUT2D eigenvalue weighted by Crippen LogP contribution is 2.31. The summed E-state index contributed by atoms with van der Waals surface area (Å²) in [7, 11) is -3.61. The van der Waals surface area contributed by atoms with Gasteiger partial charge in [-0.1, -0.05) is 23.7 Å². The minimum absolute atomic E-state index is 0.0664. The van der Waals surface area contributed by atoms with Gasteiger partial charge in [0.2, 0.25) is 10.0 Å².